The Bertz CT molecular complexity index is 783. The summed E-state index contributed by atoms with van der Waals surface area (Å²) in [4.78, 5) is 8.60. The summed E-state index contributed by atoms with van der Waals surface area (Å²) in [6.45, 7) is 7.70. The molecule has 0 fully saturated rings. The van der Waals surface area contributed by atoms with Gasteiger partial charge in [0.25, 0.3) is 0 Å². The maximum atomic E-state index is 12.7. The average molecular weight is 335 g/mol. The summed E-state index contributed by atoms with van der Waals surface area (Å²) < 4.78 is 33.3. The number of hydrogen-bond acceptors (Lipinski definition) is 5. The molecular weight excluding hydrogens is 314 g/mol. The lowest BCUT2D eigenvalue weighted by molar-refractivity contribution is 0.326. The first-order chi connectivity index (χ1) is 10.7. The fraction of sp³-hybridized carbons (Fsp3) is 0.375. The Balaban J connectivity index is 2.52. The van der Waals surface area contributed by atoms with Crippen LogP contribution >= 0.6 is 0 Å². The fourth-order valence-electron chi connectivity index (χ4n) is 2.04. The number of nitrogens with zero attached hydrogens (tertiary/aromatic N) is 2. The molecule has 0 aliphatic heterocycles. The van der Waals surface area contributed by atoms with Crippen molar-refractivity contribution in [2.75, 3.05) is 6.61 Å². The highest BCUT2D eigenvalue weighted by atomic mass is 32.2. The van der Waals surface area contributed by atoms with E-state index in [0.717, 1.165) is 0 Å². The zero-order chi connectivity index (χ0) is 17.1. The van der Waals surface area contributed by atoms with Gasteiger partial charge in [-0.3, -0.25) is 0 Å². The van der Waals surface area contributed by atoms with Crippen LogP contribution in [-0.2, 0) is 10.0 Å². The van der Waals surface area contributed by atoms with Crippen molar-refractivity contribution in [2.24, 2.45) is 0 Å². The van der Waals surface area contributed by atoms with Crippen LogP contribution in [0.25, 0.3) is 11.4 Å². The van der Waals surface area contributed by atoms with Gasteiger partial charge in [-0.1, -0.05) is 12.1 Å². The van der Waals surface area contributed by atoms with E-state index >= 15 is 0 Å². The van der Waals surface area contributed by atoms with E-state index in [2.05, 4.69) is 14.7 Å². The Hall–Kier alpha value is -1.99. The van der Waals surface area contributed by atoms with Crippen molar-refractivity contribution >= 4 is 10.0 Å². The van der Waals surface area contributed by atoms with Crippen LogP contribution in [0.15, 0.2) is 41.4 Å². The van der Waals surface area contributed by atoms with Crippen LogP contribution in [0.2, 0.25) is 0 Å². The molecule has 1 heterocycles. The van der Waals surface area contributed by atoms with Gasteiger partial charge >= 0.3 is 0 Å². The normalized spacial score (nSPS) is 12.2. The van der Waals surface area contributed by atoms with Crippen molar-refractivity contribution in [2.45, 2.75) is 38.1 Å². The fourth-order valence-corrected chi connectivity index (χ4v) is 3.67. The van der Waals surface area contributed by atoms with Crippen LogP contribution < -0.4 is 9.46 Å². The second-order valence-corrected chi connectivity index (χ2v) is 7.65. The zero-order valence-electron chi connectivity index (χ0n) is 13.7. The Kier molecular flexibility index (Phi) is 5.01. The van der Waals surface area contributed by atoms with E-state index in [4.69, 9.17) is 4.74 Å². The Morgan fingerprint density at radius 1 is 1.17 bits per heavy atom. The molecule has 1 aromatic heterocycles. The molecule has 0 aliphatic carbocycles. The van der Waals surface area contributed by atoms with E-state index in [1.807, 2.05) is 6.92 Å². The van der Waals surface area contributed by atoms with Gasteiger partial charge in [0.15, 0.2) is 5.82 Å². The molecule has 1 aromatic carbocycles. The maximum absolute atomic E-state index is 12.7. The molecule has 0 saturated heterocycles. The molecule has 0 atom stereocenters. The van der Waals surface area contributed by atoms with E-state index < -0.39 is 15.6 Å². The van der Waals surface area contributed by atoms with Gasteiger partial charge in [-0.2, -0.15) is 4.98 Å². The lowest BCUT2D eigenvalue weighted by Gasteiger charge is -2.21. The lowest BCUT2D eigenvalue weighted by Crippen LogP contribution is -2.40. The second kappa shape index (κ2) is 6.64. The molecule has 7 heteroatoms. The quantitative estimate of drug-likeness (QED) is 0.908. The van der Waals surface area contributed by atoms with E-state index in [0.29, 0.717) is 23.9 Å². The number of rotatable bonds is 5. The van der Waals surface area contributed by atoms with Gasteiger partial charge in [-0.25, -0.2) is 18.1 Å². The number of ether oxygens (including phenoxy) is 1. The molecule has 0 unspecified atom stereocenters. The van der Waals surface area contributed by atoms with Crippen molar-refractivity contribution < 1.29 is 13.2 Å². The van der Waals surface area contributed by atoms with E-state index in [1.165, 1.54) is 0 Å². The molecule has 0 saturated carbocycles. The number of benzene rings is 1. The van der Waals surface area contributed by atoms with Crippen molar-refractivity contribution in [1.82, 2.24) is 14.7 Å². The number of nitrogens with one attached hydrogen (secondary N) is 1. The molecule has 23 heavy (non-hydrogen) atoms. The SMILES string of the molecule is CCOc1ccnc(-c2ccccc2S(=O)(=O)NC(C)(C)C)n1. The van der Waals surface area contributed by atoms with Crippen molar-refractivity contribution in [3.63, 3.8) is 0 Å². The molecule has 124 valence electrons. The number of sulfonamides is 1. The summed E-state index contributed by atoms with van der Waals surface area (Å²) in [7, 11) is -3.69. The Morgan fingerprint density at radius 2 is 1.87 bits per heavy atom. The minimum absolute atomic E-state index is 0.142. The van der Waals surface area contributed by atoms with Crippen LogP contribution in [-0.4, -0.2) is 30.5 Å². The molecule has 2 rings (SSSR count). The van der Waals surface area contributed by atoms with Crippen molar-refractivity contribution in [1.29, 1.82) is 0 Å². The first-order valence-corrected chi connectivity index (χ1v) is 8.80. The van der Waals surface area contributed by atoms with Crippen molar-refractivity contribution in [3.05, 3.63) is 36.5 Å². The molecule has 0 amide bonds. The van der Waals surface area contributed by atoms with Crippen molar-refractivity contribution in [3.8, 4) is 17.3 Å². The average Bonchev–Trinajstić information content (AvgIpc) is 2.45. The highest BCUT2D eigenvalue weighted by Gasteiger charge is 2.25. The standard InChI is InChI=1S/C16H21N3O3S/c1-5-22-14-10-11-17-15(18-14)12-8-6-7-9-13(12)23(20,21)19-16(2,3)4/h6-11,19H,5H2,1-4H3. The first kappa shape index (κ1) is 17.4. The third-order valence-electron chi connectivity index (χ3n) is 2.78. The topological polar surface area (TPSA) is 81.2 Å². The summed E-state index contributed by atoms with van der Waals surface area (Å²) in [6, 6.07) is 8.29. The third kappa shape index (κ3) is 4.49. The van der Waals surface area contributed by atoms with Crippen LogP contribution in [0, 0.1) is 0 Å². The minimum atomic E-state index is -3.69. The first-order valence-electron chi connectivity index (χ1n) is 7.32. The molecule has 2 aromatic rings. The van der Waals surface area contributed by atoms with Crippen LogP contribution in [0.5, 0.6) is 5.88 Å². The molecule has 6 nitrogen and oxygen atoms in total. The van der Waals surface area contributed by atoms with Crippen LogP contribution in [0.4, 0.5) is 0 Å². The third-order valence-corrected chi connectivity index (χ3v) is 4.60. The second-order valence-electron chi connectivity index (χ2n) is 6.00. The van der Waals surface area contributed by atoms with Gasteiger partial charge in [0, 0.05) is 23.4 Å². The van der Waals surface area contributed by atoms with Gasteiger partial charge in [-0.15, -0.1) is 0 Å². The van der Waals surface area contributed by atoms with Gasteiger partial charge in [0.2, 0.25) is 15.9 Å². The predicted octanol–water partition coefficient (Wildman–Crippen LogP) is 2.62. The summed E-state index contributed by atoms with van der Waals surface area (Å²) in [5, 5.41) is 0. The molecule has 1 N–H and O–H groups in total. The largest absolute Gasteiger partial charge is 0.478 e. The van der Waals surface area contributed by atoms with E-state index in [-0.39, 0.29) is 4.90 Å². The van der Waals surface area contributed by atoms with E-state index in [1.54, 1.807) is 57.3 Å². The van der Waals surface area contributed by atoms with Gasteiger partial charge in [0.1, 0.15) is 0 Å². The number of hydrogen-bond donors (Lipinski definition) is 1. The smallest absolute Gasteiger partial charge is 0.241 e. The van der Waals surface area contributed by atoms with Gasteiger partial charge in [-0.05, 0) is 39.8 Å². The summed E-state index contributed by atoms with van der Waals surface area (Å²) in [5.41, 5.74) is -0.147. The highest BCUT2D eigenvalue weighted by molar-refractivity contribution is 7.89. The zero-order valence-corrected chi connectivity index (χ0v) is 14.5. The predicted molar refractivity (Wildman–Crippen MR) is 88.7 cm³/mol. The molecule has 0 spiro atoms. The molecule has 0 radical (unpaired) electrons. The molecular formula is C16H21N3O3S. The molecule has 0 bridgehead atoms. The van der Waals surface area contributed by atoms with Gasteiger partial charge in [0.05, 0.1) is 11.5 Å². The summed E-state index contributed by atoms with van der Waals surface area (Å²) in [5.74, 6) is 0.722. The van der Waals surface area contributed by atoms with Gasteiger partial charge < -0.3 is 4.74 Å². The van der Waals surface area contributed by atoms with Crippen LogP contribution in [0.3, 0.4) is 0 Å². The number of aromatic nitrogens is 2. The minimum Gasteiger partial charge on any atom is -0.478 e. The summed E-state index contributed by atoms with van der Waals surface area (Å²) >= 11 is 0. The maximum Gasteiger partial charge on any atom is 0.241 e. The Labute approximate surface area is 137 Å². The van der Waals surface area contributed by atoms with E-state index in [9.17, 15) is 8.42 Å². The summed E-state index contributed by atoms with van der Waals surface area (Å²) in [6.07, 6.45) is 1.55. The Morgan fingerprint density at radius 3 is 2.52 bits per heavy atom. The molecule has 0 aliphatic rings. The lowest BCUT2D eigenvalue weighted by atomic mass is 10.1. The monoisotopic (exact) mass is 335 g/mol. The van der Waals surface area contributed by atoms with Crippen LogP contribution in [0.1, 0.15) is 27.7 Å². The highest BCUT2D eigenvalue weighted by Crippen LogP contribution is 2.26.